The first-order chi connectivity index (χ1) is 15.0. The molecule has 1 atom stereocenters. The van der Waals surface area contributed by atoms with Crippen molar-refractivity contribution in [3.05, 3.63) is 67.2 Å². The van der Waals surface area contributed by atoms with Gasteiger partial charge in [-0.3, -0.25) is 14.9 Å². The van der Waals surface area contributed by atoms with E-state index in [1.54, 1.807) is 0 Å². The number of nitro benzene ring substituents is 1. The van der Waals surface area contributed by atoms with Crippen molar-refractivity contribution in [3.8, 4) is 0 Å². The first-order valence-corrected chi connectivity index (χ1v) is 12.3. The zero-order valence-electron chi connectivity index (χ0n) is 17.5. The Morgan fingerprint density at radius 3 is 2.59 bits per heavy atom. The number of nitrogens with zero attached hydrogens (tertiary/aromatic N) is 1. The molecular weight excluding hydrogens is 477 g/mol. The number of nitrogens with one attached hydrogen (secondary N) is 2. The molecule has 1 unspecified atom stereocenters. The second kappa shape index (κ2) is 9.74. The average Bonchev–Trinajstić information content (AvgIpc) is 3.10. The van der Waals surface area contributed by atoms with Gasteiger partial charge in [-0.15, -0.1) is 0 Å². The van der Waals surface area contributed by atoms with E-state index in [2.05, 4.69) is 10.0 Å². The van der Waals surface area contributed by atoms with Crippen LogP contribution in [0, 0.1) is 16.0 Å². The summed E-state index contributed by atoms with van der Waals surface area (Å²) in [5.74, 6) is -0.474. The molecule has 2 aromatic carbocycles. The highest BCUT2D eigenvalue weighted by Gasteiger charge is 2.33. The van der Waals surface area contributed by atoms with E-state index in [4.69, 9.17) is 23.2 Å². The van der Waals surface area contributed by atoms with Crippen LogP contribution in [0.1, 0.15) is 54.2 Å². The minimum Gasteiger partial charge on any atom is -0.345 e. The van der Waals surface area contributed by atoms with Crippen molar-refractivity contribution in [1.82, 2.24) is 10.0 Å². The number of fused-ring (bicyclic) bond motifs is 1. The molecule has 0 aromatic heterocycles. The molecule has 32 heavy (non-hydrogen) atoms. The summed E-state index contributed by atoms with van der Waals surface area (Å²) in [5, 5.41) is 13.3. The fourth-order valence-electron chi connectivity index (χ4n) is 3.62. The number of halogens is 2. The Morgan fingerprint density at radius 2 is 1.94 bits per heavy atom. The van der Waals surface area contributed by atoms with Gasteiger partial charge in [-0.05, 0) is 42.4 Å². The minimum absolute atomic E-state index is 0.118. The van der Waals surface area contributed by atoms with Gasteiger partial charge in [0.15, 0.2) is 0 Å². The van der Waals surface area contributed by atoms with E-state index < -0.39 is 41.5 Å². The van der Waals surface area contributed by atoms with Gasteiger partial charge in [0.1, 0.15) is 14.9 Å². The van der Waals surface area contributed by atoms with E-state index in [1.807, 2.05) is 38.1 Å². The van der Waals surface area contributed by atoms with Gasteiger partial charge in [-0.25, -0.2) is 13.1 Å². The number of hydrogen-bond acceptors (Lipinski definition) is 5. The molecule has 0 fully saturated rings. The Morgan fingerprint density at radius 1 is 1.25 bits per heavy atom. The van der Waals surface area contributed by atoms with E-state index in [0.717, 1.165) is 23.6 Å². The molecular formula is C21H23Cl2N3O5S. The molecule has 0 saturated heterocycles. The van der Waals surface area contributed by atoms with Crippen LogP contribution >= 0.6 is 23.2 Å². The number of amides is 1. The van der Waals surface area contributed by atoms with Gasteiger partial charge in [0.25, 0.3) is 5.91 Å². The number of benzene rings is 2. The van der Waals surface area contributed by atoms with Gasteiger partial charge < -0.3 is 5.32 Å². The minimum atomic E-state index is -4.22. The number of rotatable bonds is 8. The molecule has 8 nitrogen and oxygen atoms in total. The number of aryl methyl sites for hydroxylation is 1. The summed E-state index contributed by atoms with van der Waals surface area (Å²) in [6.45, 7) is 3.98. The summed E-state index contributed by atoms with van der Waals surface area (Å²) in [5.41, 5.74) is 0.903. The first-order valence-electron chi connectivity index (χ1n) is 10.1. The third kappa shape index (κ3) is 5.06. The molecule has 172 valence electrons. The van der Waals surface area contributed by atoms with Crippen molar-refractivity contribution in [2.45, 2.75) is 44.0 Å². The van der Waals surface area contributed by atoms with E-state index in [1.165, 1.54) is 0 Å². The molecule has 3 rings (SSSR count). The zero-order chi connectivity index (χ0) is 23.6. The molecule has 1 aliphatic carbocycles. The summed E-state index contributed by atoms with van der Waals surface area (Å²) in [6, 6.07) is 8.31. The van der Waals surface area contributed by atoms with E-state index >= 15 is 0 Å². The van der Waals surface area contributed by atoms with Crippen LogP contribution in [-0.2, 0) is 16.4 Å². The lowest BCUT2D eigenvalue weighted by Crippen LogP contribution is -2.29. The molecule has 1 amide bonds. The number of sulfonamides is 1. The molecule has 0 aliphatic heterocycles. The Kier molecular flexibility index (Phi) is 7.44. The number of hydrogen-bond donors (Lipinski definition) is 2. The summed E-state index contributed by atoms with van der Waals surface area (Å²) in [4.78, 5) is 23.2. The third-order valence-electron chi connectivity index (χ3n) is 5.31. The van der Waals surface area contributed by atoms with Crippen LogP contribution in [0.25, 0.3) is 0 Å². The summed E-state index contributed by atoms with van der Waals surface area (Å²) in [7, 11) is -4.22. The topological polar surface area (TPSA) is 118 Å². The van der Waals surface area contributed by atoms with Crippen molar-refractivity contribution in [2.75, 3.05) is 6.54 Å². The predicted molar refractivity (Wildman–Crippen MR) is 123 cm³/mol. The van der Waals surface area contributed by atoms with Crippen molar-refractivity contribution in [3.63, 3.8) is 0 Å². The normalized spacial score (nSPS) is 15.6. The Balaban J connectivity index is 1.99. The lowest BCUT2D eigenvalue weighted by Gasteiger charge is -2.16. The smallest absolute Gasteiger partial charge is 0.308 e. The molecule has 2 aromatic rings. The highest BCUT2D eigenvalue weighted by Crippen LogP contribution is 2.40. The van der Waals surface area contributed by atoms with Crippen molar-refractivity contribution < 1.29 is 18.1 Å². The van der Waals surface area contributed by atoms with Crippen LogP contribution in [-0.4, -0.2) is 25.8 Å². The summed E-state index contributed by atoms with van der Waals surface area (Å²) < 4.78 is 28.0. The Bertz CT molecular complexity index is 1170. The van der Waals surface area contributed by atoms with Gasteiger partial charge in [-0.1, -0.05) is 61.3 Å². The maximum absolute atomic E-state index is 13.0. The van der Waals surface area contributed by atoms with Crippen LogP contribution in [0.15, 0.2) is 35.2 Å². The van der Waals surface area contributed by atoms with Crippen LogP contribution in [0.5, 0.6) is 0 Å². The van der Waals surface area contributed by atoms with E-state index in [-0.39, 0.29) is 24.1 Å². The second-order valence-corrected chi connectivity index (χ2v) is 10.5. The fourth-order valence-corrected chi connectivity index (χ4v) is 5.64. The van der Waals surface area contributed by atoms with E-state index in [9.17, 15) is 23.3 Å². The largest absolute Gasteiger partial charge is 0.345 e. The maximum Gasteiger partial charge on any atom is 0.308 e. The standard InChI is InChI=1S/C21H23Cl2N3O5S/c1-12(2)9-10-24-32(30,31)17-11-15(18(22)20(19(17)23)26(28)29)21(27)25-16-8-7-13-5-3-4-6-14(13)16/h3-6,11-12,16,24H,7-10H2,1-2H3,(H,25,27). The van der Waals surface area contributed by atoms with Crippen molar-refractivity contribution in [2.24, 2.45) is 5.92 Å². The molecule has 0 heterocycles. The predicted octanol–water partition coefficient (Wildman–Crippen LogP) is 4.64. The molecule has 2 N–H and O–H groups in total. The first kappa shape index (κ1) is 24.4. The van der Waals surface area contributed by atoms with Gasteiger partial charge in [0, 0.05) is 6.54 Å². The highest BCUT2D eigenvalue weighted by atomic mass is 35.5. The summed E-state index contributed by atoms with van der Waals surface area (Å²) >= 11 is 12.2. The molecule has 11 heteroatoms. The van der Waals surface area contributed by atoms with Gasteiger partial charge in [0.05, 0.1) is 16.5 Å². The summed E-state index contributed by atoms with van der Waals surface area (Å²) in [6.07, 6.45) is 1.98. The molecule has 0 radical (unpaired) electrons. The second-order valence-electron chi connectivity index (χ2n) is 8.00. The maximum atomic E-state index is 13.0. The van der Waals surface area contributed by atoms with Crippen LogP contribution < -0.4 is 10.0 Å². The van der Waals surface area contributed by atoms with Crippen LogP contribution in [0.4, 0.5) is 5.69 Å². The van der Waals surface area contributed by atoms with Gasteiger partial charge in [-0.2, -0.15) is 0 Å². The molecule has 1 aliphatic rings. The van der Waals surface area contributed by atoms with Crippen LogP contribution in [0.2, 0.25) is 10.0 Å². The lowest BCUT2D eigenvalue weighted by atomic mass is 10.1. The highest BCUT2D eigenvalue weighted by molar-refractivity contribution is 7.89. The Hall–Kier alpha value is -2.20. The zero-order valence-corrected chi connectivity index (χ0v) is 19.9. The number of nitro groups is 1. The van der Waals surface area contributed by atoms with Gasteiger partial charge >= 0.3 is 5.69 Å². The molecule has 0 bridgehead atoms. The quantitative estimate of drug-likeness (QED) is 0.404. The van der Waals surface area contributed by atoms with Crippen molar-refractivity contribution in [1.29, 1.82) is 0 Å². The number of carbonyl (C=O) groups excluding carboxylic acids is 1. The monoisotopic (exact) mass is 499 g/mol. The average molecular weight is 500 g/mol. The Labute approximate surface area is 196 Å². The van der Waals surface area contributed by atoms with Crippen LogP contribution in [0.3, 0.4) is 0 Å². The fraction of sp³-hybridized carbons (Fsp3) is 0.381. The SMILES string of the molecule is CC(C)CCNS(=O)(=O)c1cc(C(=O)NC2CCc3ccccc32)c(Cl)c([N+](=O)[O-])c1Cl. The van der Waals surface area contributed by atoms with Crippen molar-refractivity contribution >= 4 is 44.8 Å². The molecule has 0 spiro atoms. The third-order valence-corrected chi connectivity index (χ3v) is 7.68. The van der Waals surface area contributed by atoms with E-state index in [0.29, 0.717) is 12.8 Å². The number of carbonyl (C=O) groups is 1. The lowest BCUT2D eigenvalue weighted by molar-refractivity contribution is -0.384. The van der Waals surface area contributed by atoms with Gasteiger partial charge in [0.2, 0.25) is 10.0 Å². The molecule has 0 saturated carbocycles.